The van der Waals surface area contributed by atoms with Gasteiger partial charge in [0.05, 0.1) is 0 Å². The van der Waals surface area contributed by atoms with Gasteiger partial charge in [-0.05, 0) is 0 Å². The monoisotopic (exact) mass is 998 g/mol. The summed E-state index contributed by atoms with van der Waals surface area (Å²) in [5.74, 6) is 0. The third-order valence-electron chi connectivity index (χ3n) is 19.6. The van der Waals surface area contributed by atoms with Crippen molar-refractivity contribution in [1.82, 2.24) is 98.0 Å². The topological polar surface area (TPSA) is 236 Å². The van der Waals surface area contributed by atoms with Gasteiger partial charge in [-0.15, -0.1) is 0 Å². The molecule has 0 aromatic heterocycles. The predicted molar refractivity (Wildman–Crippen MR) is 232 cm³/mol. The summed E-state index contributed by atoms with van der Waals surface area (Å²) < 4.78 is 0. The number of hydrogen-bond donors (Lipinski definition) is 0. The van der Waals surface area contributed by atoms with E-state index in [-0.39, 0.29) is 0 Å². The van der Waals surface area contributed by atoms with E-state index < -0.39 is 210 Å². The lowest BCUT2D eigenvalue weighted by atomic mass is 9.76. The molecular formula is C42H54N20O10. The van der Waals surface area contributed by atoms with Gasteiger partial charge in [-0.1, -0.05) is 55.4 Å². The van der Waals surface area contributed by atoms with Crippen LogP contribution in [0, 0.1) is 21.7 Å². The molecule has 30 nitrogen and oxygen atoms in total. The van der Waals surface area contributed by atoms with Gasteiger partial charge < -0.3 is 0 Å². The van der Waals surface area contributed by atoms with Gasteiger partial charge in [-0.3, -0.25) is 98.0 Å². The second kappa shape index (κ2) is 11.6. The second-order valence-corrected chi connectivity index (χ2v) is 24.7. The smallest absolute Gasteiger partial charge is 0.285 e. The van der Waals surface area contributed by atoms with Crippen molar-refractivity contribution in [3.05, 3.63) is 0 Å². The highest BCUT2D eigenvalue weighted by Crippen LogP contribution is 2.57. The van der Waals surface area contributed by atoms with Gasteiger partial charge in [0, 0.05) is 21.7 Å². The molecule has 0 aromatic rings. The van der Waals surface area contributed by atoms with Crippen LogP contribution in [-0.4, -0.2) is 287 Å². The standard InChI is InChI=1S/C42H54N20O10/c1-39(2)21-47-9-43-19-20-45(29(43)63)11-49-22-40(3,4)24-53(33(49)67)15-57-26-42(7,8)28-61(37(57)71)17-59-27-41(5,6)25-55(35(59)69)13-51(31(47)65)23(39)52-14-56(25)36(70)60(27)18-62(28)38(72)58(26)16-54(24)34(68)50(22)12-46(20)30(64)44(19)10-48(21)32(52)66/h19-28H,9-18H2,1-8H3. The Morgan fingerprint density at radius 2 is 0.306 bits per heavy atom. The Labute approximate surface area is 410 Å². The van der Waals surface area contributed by atoms with Crippen LogP contribution in [0.1, 0.15) is 55.4 Å². The van der Waals surface area contributed by atoms with E-state index in [9.17, 15) is 0 Å². The normalized spacial score (nSPS) is 39.3. The molecule has 0 aromatic carbocycles. The van der Waals surface area contributed by atoms with E-state index in [0.29, 0.717) is 0 Å². The fourth-order valence-electron chi connectivity index (χ4n) is 17.5. The van der Waals surface area contributed by atoms with Crippen LogP contribution in [-0.2, 0) is 0 Å². The van der Waals surface area contributed by atoms with Crippen LogP contribution in [0.3, 0.4) is 0 Å². The molecule has 20 amide bonds. The fraction of sp³-hybridized carbons (Fsp3) is 0.762. The summed E-state index contributed by atoms with van der Waals surface area (Å²) in [6.07, 6.45) is -10.9. The molecule has 0 N–H and O–H groups in total. The number of urea groups is 10. The zero-order valence-electron chi connectivity index (χ0n) is 40.9. The molecule has 30 heteroatoms. The molecule has 0 radical (unpaired) electrons. The van der Waals surface area contributed by atoms with E-state index in [4.69, 9.17) is 0 Å². The summed E-state index contributed by atoms with van der Waals surface area (Å²) in [5, 5.41) is 0. The number of carbonyl (C=O) groups excluding carboxylic acids is 10. The van der Waals surface area contributed by atoms with Crippen LogP contribution in [0.5, 0.6) is 0 Å². The maximum Gasteiger partial charge on any atom is 0.326 e. The van der Waals surface area contributed by atoms with Gasteiger partial charge in [0.25, 0.3) is 0 Å². The van der Waals surface area contributed by atoms with Crippen molar-refractivity contribution in [2.75, 3.05) is 66.7 Å². The lowest BCUT2D eigenvalue weighted by Gasteiger charge is -2.73. The molecule has 8 bridgehead atoms. The molecule has 15 fully saturated rings. The van der Waals surface area contributed by atoms with E-state index >= 15 is 47.9 Å². The van der Waals surface area contributed by atoms with Crippen molar-refractivity contribution >= 4 is 60.3 Å². The molecule has 15 saturated heterocycles. The van der Waals surface area contributed by atoms with E-state index in [2.05, 4.69) is 0 Å². The average Bonchev–Trinajstić information content (AvgIpc) is 3.65. The Hall–Kier alpha value is -7.30. The van der Waals surface area contributed by atoms with Gasteiger partial charge in [0.1, 0.15) is 116 Å². The van der Waals surface area contributed by atoms with Crippen molar-refractivity contribution in [3.63, 3.8) is 0 Å². The quantitative estimate of drug-likeness (QED) is 0.299. The third-order valence-corrected chi connectivity index (χ3v) is 19.6. The van der Waals surface area contributed by atoms with Crippen LogP contribution >= 0.6 is 0 Å². The molecule has 0 spiro atoms. The predicted octanol–water partition coefficient (Wildman–Crippen LogP) is -0.615. The highest BCUT2D eigenvalue weighted by Gasteiger charge is 2.75. The number of amides is 20. The first-order valence-electron chi connectivity index (χ1n) is 24.6. The molecule has 0 aliphatic carbocycles. The van der Waals surface area contributed by atoms with Crippen molar-refractivity contribution < 1.29 is 47.9 Å². The number of hydrogen-bond acceptors (Lipinski definition) is 10. The largest absolute Gasteiger partial charge is 0.326 e. The Kier molecular flexibility index (Phi) is 6.68. The SMILES string of the molecule is CC1(C)C2N3CN4C(=O)N5CN6C(=O)N7CN8C(=O)N9CN%10C(=O)N%11CN(C3=O)C1N1CN3C(=O)N(CN%12C(=O)N(CN%13C(=O)N(CN%14C(=O)N(CN2C1=O)C4C5%14)C6C(C)(C)C7%13)C8C(C)(C)C9%12)C%10C(C)(C)C%113. The van der Waals surface area contributed by atoms with Gasteiger partial charge in [0.2, 0.25) is 0 Å². The maximum atomic E-state index is 15.8. The summed E-state index contributed by atoms with van der Waals surface area (Å²) in [7, 11) is 0. The minimum atomic E-state index is -1.14. The molecular weight excluding hydrogens is 945 g/mol. The van der Waals surface area contributed by atoms with E-state index in [0.717, 1.165) is 0 Å². The average molecular weight is 999 g/mol. The minimum absolute atomic E-state index is 0.395. The lowest BCUT2D eigenvalue weighted by molar-refractivity contribution is -0.254. The van der Waals surface area contributed by atoms with E-state index in [1.165, 1.54) is 98.0 Å². The Morgan fingerprint density at radius 3 is 0.431 bits per heavy atom. The summed E-state index contributed by atoms with van der Waals surface area (Å²) in [4.78, 5) is 186. The lowest BCUT2D eigenvalue weighted by Crippen LogP contribution is -2.91. The van der Waals surface area contributed by atoms with Crippen molar-refractivity contribution in [2.24, 2.45) is 21.7 Å². The maximum absolute atomic E-state index is 15.8. The van der Waals surface area contributed by atoms with Gasteiger partial charge in [-0.2, -0.15) is 0 Å². The number of carbonyl (C=O) groups is 10. The van der Waals surface area contributed by atoms with Crippen molar-refractivity contribution in [1.29, 1.82) is 0 Å². The number of nitrogens with zero attached hydrogens (tertiary/aromatic N) is 20. The van der Waals surface area contributed by atoms with Gasteiger partial charge >= 0.3 is 60.3 Å². The first kappa shape index (κ1) is 41.3. The van der Waals surface area contributed by atoms with Crippen LogP contribution in [0.25, 0.3) is 0 Å². The molecule has 382 valence electrons. The molecule has 0 unspecified atom stereocenters. The Bertz CT molecular complexity index is 2480. The molecule has 72 heavy (non-hydrogen) atoms. The minimum Gasteiger partial charge on any atom is -0.285 e. The van der Waals surface area contributed by atoms with Crippen molar-refractivity contribution in [2.45, 2.75) is 117 Å². The molecule has 0 saturated carbocycles. The number of rotatable bonds is 0. The Balaban J connectivity index is 0.990. The first-order chi connectivity index (χ1) is 33.9. The highest BCUT2D eigenvalue weighted by molar-refractivity contribution is 5.92. The summed E-state index contributed by atoms with van der Waals surface area (Å²) in [6, 6.07) is -6.01. The summed E-state index contributed by atoms with van der Waals surface area (Å²) in [6.45, 7) is 11.0. The van der Waals surface area contributed by atoms with Crippen LogP contribution < -0.4 is 0 Å². The van der Waals surface area contributed by atoms with E-state index in [1.54, 1.807) is 0 Å². The highest BCUT2D eigenvalue weighted by atomic mass is 16.2. The fourth-order valence-corrected chi connectivity index (χ4v) is 17.5. The van der Waals surface area contributed by atoms with Crippen LogP contribution in [0.2, 0.25) is 0 Å². The third kappa shape index (κ3) is 3.99. The summed E-state index contributed by atoms with van der Waals surface area (Å²) >= 11 is 0. The molecule has 0 atom stereocenters. The molecule has 15 aliphatic rings. The zero-order chi connectivity index (χ0) is 50.2. The van der Waals surface area contributed by atoms with Crippen LogP contribution in [0.15, 0.2) is 0 Å². The molecule has 15 aliphatic heterocycles. The first-order valence-corrected chi connectivity index (χ1v) is 24.6. The van der Waals surface area contributed by atoms with Gasteiger partial charge in [-0.25, -0.2) is 47.9 Å². The van der Waals surface area contributed by atoms with Gasteiger partial charge in [0.15, 0.2) is 12.3 Å². The second-order valence-electron chi connectivity index (χ2n) is 24.7. The zero-order valence-corrected chi connectivity index (χ0v) is 40.9. The molecule has 15 rings (SSSR count). The van der Waals surface area contributed by atoms with E-state index in [1.807, 2.05) is 55.4 Å². The summed E-state index contributed by atoms with van der Waals surface area (Å²) in [5.41, 5.74) is -4.48. The molecule has 15 heterocycles. The van der Waals surface area contributed by atoms with Crippen molar-refractivity contribution in [3.8, 4) is 0 Å². The Morgan fingerprint density at radius 1 is 0.208 bits per heavy atom. The van der Waals surface area contributed by atoms with Crippen LogP contribution in [0.4, 0.5) is 47.9 Å².